The van der Waals surface area contributed by atoms with Gasteiger partial charge in [-0.3, -0.25) is 0 Å². The molecular weight excluding hydrogens is 258 g/mol. The minimum atomic E-state index is 0.315. The molecule has 1 aliphatic rings. The van der Waals surface area contributed by atoms with E-state index in [0.717, 1.165) is 38.3 Å². The lowest BCUT2D eigenvalue weighted by Crippen LogP contribution is -2.41. The molecule has 1 fully saturated rings. The molecule has 0 radical (unpaired) electrons. The fourth-order valence-corrected chi connectivity index (χ4v) is 2.73. The second-order valence-electron chi connectivity index (χ2n) is 4.96. The Morgan fingerprint density at radius 2 is 2.16 bits per heavy atom. The number of aromatic nitrogens is 2. The molecule has 2 rings (SSSR count). The van der Waals surface area contributed by atoms with E-state index in [9.17, 15) is 0 Å². The standard InChI is InChI=1S/C13H21N5S/c1-3-10-9-17(2)7-4-8-18(10)13-11(12(14)19)15-5-6-16-13/h5-6,10H,3-4,7-9H2,1-2H3,(H2,14,19). The van der Waals surface area contributed by atoms with Crippen LogP contribution in [0.3, 0.4) is 0 Å². The first-order valence-corrected chi connectivity index (χ1v) is 7.10. The van der Waals surface area contributed by atoms with Gasteiger partial charge >= 0.3 is 0 Å². The Labute approximate surface area is 119 Å². The van der Waals surface area contributed by atoms with Gasteiger partial charge in [-0.25, -0.2) is 9.97 Å². The van der Waals surface area contributed by atoms with Crippen LogP contribution in [-0.4, -0.2) is 52.6 Å². The largest absolute Gasteiger partial charge is 0.388 e. The summed E-state index contributed by atoms with van der Waals surface area (Å²) in [6.45, 7) is 5.31. The monoisotopic (exact) mass is 279 g/mol. The van der Waals surface area contributed by atoms with Gasteiger partial charge in [-0.2, -0.15) is 0 Å². The SMILES string of the molecule is CCC1CN(C)CCCN1c1nccnc1C(N)=S. The molecule has 2 N–H and O–H groups in total. The van der Waals surface area contributed by atoms with E-state index in [-0.39, 0.29) is 0 Å². The first-order chi connectivity index (χ1) is 9.13. The van der Waals surface area contributed by atoms with E-state index in [1.54, 1.807) is 12.4 Å². The summed E-state index contributed by atoms with van der Waals surface area (Å²) in [7, 11) is 2.16. The van der Waals surface area contributed by atoms with E-state index in [0.29, 0.717) is 16.7 Å². The summed E-state index contributed by atoms with van der Waals surface area (Å²) in [5.74, 6) is 0.831. The van der Waals surface area contributed by atoms with Gasteiger partial charge in [0.15, 0.2) is 5.82 Å². The van der Waals surface area contributed by atoms with Crippen LogP contribution in [0, 0.1) is 0 Å². The molecule has 1 saturated heterocycles. The van der Waals surface area contributed by atoms with Crippen LogP contribution in [0.5, 0.6) is 0 Å². The maximum absolute atomic E-state index is 5.77. The summed E-state index contributed by atoms with van der Waals surface area (Å²) in [6, 6.07) is 0.428. The second kappa shape index (κ2) is 6.25. The number of hydrogen-bond acceptors (Lipinski definition) is 5. The molecule has 0 saturated carbocycles. The van der Waals surface area contributed by atoms with Gasteiger partial charge in [-0.15, -0.1) is 0 Å². The third kappa shape index (κ3) is 3.19. The van der Waals surface area contributed by atoms with Crippen LogP contribution < -0.4 is 10.6 Å². The molecule has 0 aromatic carbocycles. The number of likely N-dealkylation sites (N-methyl/N-ethyl adjacent to an activating group) is 1. The average Bonchev–Trinajstić information content (AvgIpc) is 2.60. The van der Waals surface area contributed by atoms with Crippen LogP contribution >= 0.6 is 12.2 Å². The third-order valence-corrected chi connectivity index (χ3v) is 3.75. The van der Waals surface area contributed by atoms with Crippen LogP contribution in [0.4, 0.5) is 5.82 Å². The van der Waals surface area contributed by atoms with Gasteiger partial charge in [-0.05, 0) is 26.4 Å². The predicted octanol–water partition coefficient (Wildman–Crippen LogP) is 1.03. The van der Waals surface area contributed by atoms with E-state index in [4.69, 9.17) is 18.0 Å². The van der Waals surface area contributed by atoms with Crippen LogP contribution in [0.1, 0.15) is 25.5 Å². The molecule has 0 bridgehead atoms. The molecule has 0 aliphatic carbocycles. The highest BCUT2D eigenvalue weighted by molar-refractivity contribution is 7.80. The summed E-state index contributed by atoms with van der Waals surface area (Å²) in [5, 5.41) is 0. The number of hydrogen-bond donors (Lipinski definition) is 1. The molecular formula is C13H21N5S. The molecule has 1 aromatic heterocycles. The van der Waals surface area contributed by atoms with Crippen LogP contribution in [-0.2, 0) is 0 Å². The summed E-state index contributed by atoms with van der Waals surface area (Å²) < 4.78 is 0. The molecule has 6 heteroatoms. The lowest BCUT2D eigenvalue weighted by atomic mass is 10.1. The van der Waals surface area contributed by atoms with Crippen molar-refractivity contribution in [2.24, 2.45) is 5.73 Å². The molecule has 1 aliphatic heterocycles. The average molecular weight is 279 g/mol. The predicted molar refractivity (Wildman–Crippen MR) is 81.5 cm³/mol. The minimum absolute atomic E-state index is 0.315. The van der Waals surface area contributed by atoms with Crippen molar-refractivity contribution in [2.75, 3.05) is 31.6 Å². The number of nitrogens with two attached hydrogens (primary N) is 1. The highest BCUT2D eigenvalue weighted by atomic mass is 32.1. The molecule has 5 nitrogen and oxygen atoms in total. The van der Waals surface area contributed by atoms with Gasteiger partial charge in [0.2, 0.25) is 0 Å². The minimum Gasteiger partial charge on any atom is -0.388 e. The number of thiocarbonyl (C=S) groups is 1. The highest BCUT2D eigenvalue weighted by Gasteiger charge is 2.25. The first-order valence-electron chi connectivity index (χ1n) is 6.69. The molecule has 0 amide bonds. The van der Waals surface area contributed by atoms with E-state index in [1.807, 2.05) is 0 Å². The van der Waals surface area contributed by atoms with E-state index < -0.39 is 0 Å². The quantitative estimate of drug-likeness (QED) is 0.834. The Bertz CT molecular complexity index is 450. The van der Waals surface area contributed by atoms with Gasteiger partial charge < -0.3 is 15.5 Å². The van der Waals surface area contributed by atoms with Crippen LogP contribution in [0.25, 0.3) is 0 Å². The Hall–Kier alpha value is -1.27. The van der Waals surface area contributed by atoms with Crippen molar-refractivity contribution in [1.82, 2.24) is 14.9 Å². The second-order valence-corrected chi connectivity index (χ2v) is 5.40. The summed E-state index contributed by atoms with van der Waals surface area (Å²) in [5.41, 5.74) is 6.41. The Morgan fingerprint density at radius 3 is 2.84 bits per heavy atom. The number of nitrogens with zero attached hydrogens (tertiary/aromatic N) is 4. The number of rotatable bonds is 3. The molecule has 19 heavy (non-hydrogen) atoms. The maximum Gasteiger partial charge on any atom is 0.157 e. The molecule has 1 unspecified atom stereocenters. The Morgan fingerprint density at radius 1 is 1.42 bits per heavy atom. The summed E-state index contributed by atoms with van der Waals surface area (Å²) in [6.07, 6.45) is 5.53. The van der Waals surface area contributed by atoms with Gasteiger partial charge in [0, 0.05) is 31.5 Å². The van der Waals surface area contributed by atoms with Crippen molar-refractivity contribution < 1.29 is 0 Å². The normalized spacial score (nSPS) is 21.2. The lowest BCUT2D eigenvalue weighted by molar-refractivity contribution is 0.327. The molecule has 104 valence electrons. The molecule has 2 heterocycles. The molecule has 1 aromatic rings. The van der Waals surface area contributed by atoms with Crippen LogP contribution in [0.15, 0.2) is 12.4 Å². The highest BCUT2D eigenvalue weighted by Crippen LogP contribution is 2.22. The summed E-state index contributed by atoms with van der Waals surface area (Å²) in [4.78, 5) is 13.7. The smallest absolute Gasteiger partial charge is 0.157 e. The fourth-order valence-electron chi connectivity index (χ4n) is 2.59. The first kappa shape index (κ1) is 14.1. The Balaban J connectivity index is 2.35. The van der Waals surface area contributed by atoms with Crippen molar-refractivity contribution in [2.45, 2.75) is 25.8 Å². The van der Waals surface area contributed by atoms with Gasteiger partial charge in [-0.1, -0.05) is 19.1 Å². The van der Waals surface area contributed by atoms with Gasteiger partial charge in [0.1, 0.15) is 10.7 Å². The van der Waals surface area contributed by atoms with E-state index in [1.165, 1.54) is 0 Å². The molecule has 1 atom stereocenters. The van der Waals surface area contributed by atoms with Crippen molar-refractivity contribution in [1.29, 1.82) is 0 Å². The maximum atomic E-state index is 5.77. The lowest BCUT2D eigenvalue weighted by Gasteiger charge is -2.31. The molecule has 0 spiro atoms. The third-order valence-electron chi connectivity index (χ3n) is 3.56. The van der Waals surface area contributed by atoms with Gasteiger partial charge in [0.05, 0.1) is 0 Å². The van der Waals surface area contributed by atoms with Crippen molar-refractivity contribution >= 4 is 23.0 Å². The Kier molecular flexibility index (Phi) is 4.66. The zero-order chi connectivity index (χ0) is 13.8. The van der Waals surface area contributed by atoms with Crippen molar-refractivity contribution in [3.8, 4) is 0 Å². The van der Waals surface area contributed by atoms with Gasteiger partial charge in [0.25, 0.3) is 0 Å². The van der Waals surface area contributed by atoms with Crippen molar-refractivity contribution in [3.05, 3.63) is 18.1 Å². The van der Waals surface area contributed by atoms with E-state index >= 15 is 0 Å². The topological polar surface area (TPSA) is 58.3 Å². The zero-order valence-corrected chi connectivity index (χ0v) is 12.4. The fraction of sp³-hybridized carbons (Fsp3) is 0.615. The van der Waals surface area contributed by atoms with E-state index in [2.05, 4.69) is 33.7 Å². The zero-order valence-electron chi connectivity index (χ0n) is 11.5. The summed E-state index contributed by atoms with van der Waals surface area (Å²) >= 11 is 5.09. The van der Waals surface area contributed by atoms with Crippen molar-refractivity contribution in [3.63, 3.8) is 0 Å². The number of anilines is 1. The van der Waals surface area contributed by atoms with Crippen LogP contribution in [0.2, 0.25) is 0 Å².